The third kappa shape index (κ3) is 3.81. The molecule has 1 N–H and O–H groups in total. The number of nitrogens with zero attached hydrogens (tertiary/aromatic N) is 2. The first-order chi connectivity index (χ1) is 9.97. The second kappa shape index (κ2) is 6.39. The highest BCUT2D eigenvalue weighted by molar-refractivity contribution is 5.94. The minimum atomic E-state index is -0.0543. The molecular weight excluding hydrogens is 262 g/mol. The molecule has 0 aliphatic carbocycles. The number of anilines is 1. The van der Waals surface area contributed by atoms with Crippen molar-refractivity contribution in [3.8, 4) is 0 Å². The monoisotopic (exact) mass is 283 g/mol. The second-order valence-corrected chi connectivity index (χ2v) is 5.40. The quantitative estimate of drug-likeness (QED) is 0.938. The van der Waals surface area contributed by atoms with Crippen LogP contribution in [0.1, 0.15) is 27.0 Å². The predicted octanol–water partition coefficient (Wildman–Crippen LogP) is 2.69. The van der Waals surface area contributed by atoms with E-state index in [1.54, 1.807) is 6.20 Å². The Morgan fingerprint density at radius 2 is 1.90 bits per heavy atom. The maximum Gasteiger partial charge on any atom is 0.251 e. The van der Waals surface area contributed by atoms with Crippen LogP contribution in [0.5, 0.6) is 0 Å². The van der Waals surface area contributed by atoms with Crippen LogP contribution in [0.2, 0.25) is 0 Å². The smallest absolute Gasteiger partial charge is 0.251 e. The van der Waals surface area contributed by atoms with E-state index in [1.807, 2.05) is 63.2 Å². The van der Waals surface area contributed by atoms with Gasteiger partial charge in [-0.1, -0.05) is 6.07 Å². The number of pyridine rings is 1. The van der Waals surface area contributed by atoms with E-state index in [1.165, 1.54) is 5.56 Å². The van der Waals surface area contributed by atoms with Gasteiger partial charge in [-0.05, 0) is 54.8 Å². The summed E-state index contributed by atoms with van der Waals surface area (Å²) in [7, 11) is 3.89. The third-order valence-corrected chi connectivity index (χ3v) is 3.49. The number of nitrogens with one attached hydrogen (secondary N) is 1. The van der Waals surface area contributed by atoms with Gasteiger partial charge in [0.1, 0.15) is 5.82 Å². The molecule has 0 bridgehead atoms. The summed E-state index contributed by atoms with van der Waals surface area (Å²) in [6, 6.07) is 9.63. The van der Waals surface area contributed by atoms with Crippen LogP contribution in [0.15, 0.2) is 36.5 Å². The fourth-order valence-corrected chi connectivity index (χ4v) is 1.98. The highest BCUT2D eigenvalue weighted by Crippen LogP contribution is 2.11. The predicted molar refractivity (Wildman–Crippen MR) is 85.7 cm³/mol. The number of hydrogen-bond acceptors (Lipinski definition) is 3. The summed E-state index contributed by atoms with van der Waals surface area (Å²) in [5, 5.41) is 2.94. The Balaban J connectivity index is 2.03. The molecule has 0 saturated heterocycles. The number of benzene rings is 1. The fraction of sp³-hybridized carbons (Fsp3) is 0.294. The number of aromatic nitrogens is 1. The zero-order valence-corrected chi connectivity index (χ0v) is 13.0. The van der Waals surface area contributed by atoms with Gasteiger partial charge in [0.25, 0.3) is 5.91 Å². The first kappa shape index (κ1) is 15.0. The van der Waals surface area contributed by atoms with Crippen LogP contribution in [-0.2, 0) is 6.54 Å². The molecule has 110 valence electrons. The van der Waals surface area contributed by atoms with E-state index in [2.05, 4.69) is 10.3 Å². The number of rotatable bonds is 4. The van der Waals surface area contributed by atoms with Gasteiger partial charge in [-0.15, -0.1) is 0 Å². The van der Waals surface area contributed by atoms with Crippen molar-refractivity contribution >= 4 is 11.7 Å². The molecule has 1 aromatic heterocycles. The SMILES string of the molecule is Cc1ccc(C(=O)NCc2ccnc(N(C)C)c2)cc1C. The van der Waals surface area contributed by atoms with Crippen LogP contribution in [-0.4, -0.2) is 25.0 Å². The van der Waals surface area contributed by atoms with Crippen molar-refractivity contribution in [1.82, 2.24) is 10.3 Å². The number of carbonyl (C=O) groups excluding carboxylic acids is 1. The molecule has 4 nitrogen and oxygen atoms in total. The third-order valence-electron chi connectivity index (χ3n) is 3.49. The average Bonchev–Trinajstić information content (AvgIpc) is 2.48. The number of amides is 1. The van der Waals surface area contributed by atoms with Crippen molar-refractivity contribution in [2.75, 3.05) is 19.0 Å². The van der Waals surface area contributed by atoms with Gasteiger partial charge in [0, 0.05) is 32.4 Å². The van der Waals surface area contributed by atoms with Gasteiger partial charge in [-0.3, -0.25) is 4.79 Å². The number of carbonyl (C=O) groups is 1. The van der Waals surface area contributed by atoms with E-state index >= 15 is 0 Å². The number of aryl methyl sites for hydroxylation is 2. The van der Waals surface area contributed by atoms with Gasteiger partial charge in [-0.2, -0.15) is 0 Å². The minimum absolute atomic E-state index is 0.0543. The zero-order valence-electron chi connectivity index (χ0n) is 13.0. The molecule has 0 spiro atoms. The van der Waals surface area contributed by atoms with Crippen LogP contribution in [0, 0.1) is 13.8 Å². The van der Waals surface area contributed by atoms with Crippen LogP contribution < -0.4 is 10.2 Å². The molecule has 1 heterocycles. The molecule has 0 radical (unpaired) electrons. The Morgan fingerprint density at radius 3 is 2.57 bits per heavy atom. The molecule has 0 fully saturated rings. The maximum atomic E-state index is 12.2. The summed E-state index contributed by atoms with van der Waals surface area (Å²) in [5.74, 6) is 0.828. The summed E-state index contributed by atoms with van der Waals surface area (Å²) < 4.78 is 0. The van der Waals surface area contributed by atoms with Crippen molar-refractivity contribution in [3.05, 3.63) is 58.8 Å². The fourth-order valence-electron chi connectivity index (χ4n) is 1.98. The van der Waals surface area contributed by atoms with Crippen LogP contribution in [0.3, 0.4) is 0 Å². The van der Waals surface area contributed by atoms with Crippen molar-refractivity contribution < 1.29 is 4.79 Å². The van der Waals surface area contributed by atoms with Crippen molar-refractivity contribution in [2.24, 2.45) is 0 Å². The Kier molecular flexibility index (Phi) is 4.58. The zero-order chi connectivity index (χ0) is 15.4. The van der Waals surface area contributed by atoms with Crippen LogP contribution in [0.25, 0.3) is 0 Å². The molecule has 1 aromatic carbocycles. The Bertz CT molecular complexity index is 650. The topological polar surface area (TPSA) is 45.2 Å². The normalized spacial score (nSPS) is 10.3. The molecular formula is C17H21N3O. The van der Waals surface area contributed by atoms with Gasteiger partial charge < -0.3 is 10.2 Å². The Hall–Kier alpha value is -2.36. The summed E-state index contributed by atoms with van der Waals surface area (Å²) in [6.07, 6.45) is 1.76. The Labute approximate surface area is 125 Å². The number of hydrogen-bond donors (Lipinski definition) is 1. The van der Waals surface area contributed by atoms with Gasteiger partial charge in [0.05, 0.1) is 0 Å². The van der Waals surface area contributed by atoms with Crippen LogP contribution >= 0.6 is 0 Å². The summed E-state index contributed by atoms with van der Waals surface area (Å²) >= 11 is 0. The second-order valence-electron chi connectivity index (χ2n) is 5.40. The first-order valence-electron chi connectivity index (χ1n) is 6.95. The van der Waals surface area contributed by atoms with Crippen molar-refractivity contribution in [1.29, 1.82) is 0 Å². The summed E-state index contributed by atoms with van der Waals surface area (Å²) in [6.45, 7) is 4.55. The molecule has 2 aromatic rings. The minimum Gasteiger partial charge on any atom is -0.363 e. The van der Waals surface area contributed by atoms with Gasteiger partial charge >= 0.3 is 0 Å². The van der Waals surface area contributed by atoms with Crippen LogP contribution in [0.4, 0.5) is 5.82 Å². The molecule has 0 aliphatic rings. The molecule has 21 heavy (non-hydrogen) atoms. The molecule has 0 saturated carbocycles. The van der Waals surface area contributed by atoms with E-state index in [-0.39, 0.29) is 5.91 Å². The lowest BCUT2D eigenvalue weighted by Crippen LogP contribution is -2.23. The molecule has 0 aliphatic heterocycles. The summed E-state index contributed by atoms with van der Waals surface area (Å²) in [4.78, 5) is 18.4. The Morgan fingerprint density at radius 1 is 1.14 bits per heavy atom. The average molecular weight is 283 g/mol. The lowest BCUT2D eigenvalue weighted by molar-refractivity contribution is 0.0951. The van der Waals surface area contributed by atoms with E-state index in [4.69, 9.17) is 0 Å². The van der Waals surface area contributed by atoms with E-state index < -0.39 is 0 Å². The van der Waals surface area contributed by atoms with Crippen molar-refractivity contribution in [2.45, 2.75) is 20.4 Å². The molecule has 0 atom stereocenters. The molecule has 1 amide bonds. The molecule has 0 unspecified atom stereocenters. The maximum absolute atomic E-state index is 12.2. The van der Waals surface area contributed by atoms with E-state index in [0.717, 1.165) is 16.9 Å². The van der Waals surface area contributed by atoms with Gasteiger partial charge in [0.2, 0.25) is 0 Å². The standard InChI is InChI=1S/C17H21N3O/c1-12-5-6-15(9-13(12)2)17(21)19-11-14-7-8-18-16(10-14)20(3)4/h5-10H,11H2,1-4H3,(H,19,21). The largest absolute Gasteiger partial charge is 0.363 e. The molecule has 4 heteroatoms. The molecule has 2 rings (SSSR count). The first-order valence-corrected chi connectivity index (χ1v) is 6.95. The van der Waals surface area contributed by atoms with Gasteiger partial charge in [0.15, 0.2) is 0 Å². The highest BCUT2D eigenvalue weighted by atomic mass is 16.1. The van der Waals surface area contributed by atoms with E-state index in [9.17, 15) is 4.79 Å². The highest BCUT2D eigenvalue weighted by Gasteiger charge is 2.07. The lowest BCUT2D eigenvalue weighted by Gasteiger charge is -2.12. The summed E-state index contributed by atoms with van der Waals surface area (Å²) in [5.41, 5.74) is 4.05. The van der Waals surface area contributed by atoms with Crippen molar-refractivity contribution in [3.63, 3.8) is 0 Å². The van der Waals surface area contributed by atoms with E-state index in [0.29, 0.717) is 12.1 Å². The lowest BCUT2D eigenvalue weighted by atomic mass is 10.1. The van der Waals surface area contributed by atoms with Gasteiger partial charge in [-0.25, -0.2) is 4.98 Å².